The van der Waals surface area contributed by atoms with E-state index >= 15 is 0 Å². The molecule has 3 heterocycles. The standard InChI is InChI=1S/C16H20N4O2/c1-11-8-20(9-12(2)22-11)16-7-17-14(6-13(16)10-21)15-4-5-18-19(15)3/h4-7,10-12H,8-9H2,1-3H3/t11-,12+. The summed E-state index contributed by atoms with van der Waals surface area (Å²) in [5.41, 5.74) is 3.15. The van der Waals surface area contributed by atoms with E-state index in [9.17, 15) is 4.79 Å². The molecule has 116 valence electrons. The largest absolute Gasteiger partial charge is 0.372 e. The van der Waals surface area contributed by atoms with Gasteiger partial charge in [0.1, 0.15) is 0 Å². The van der Waals surface area contributed by atoms with Crippen LogP contribution >= 0.6 is 0 Å². The van der Waals surface area contributed by atoms with Crippen molar-refractivity contribution in [2.75, 3.05) is 18.0 Å². The lowest BCUT2D eigenvalue weighted by Gasteiger charge is -2.37. The number of nitrogens with zero attached hydrogens (tertiary/aromatic N) is 4. The second kappa shape index (κ2) is 5.88. The molecule has 1 aliphatic rings. The second-order valence-electron chi connectivity index (χ2n) is 5.75. The number of aryl methyl sites for hydroxylation is 1. The average molecular weight is 300 g/mol. The van der Waals surface area contributed by atoms with Gasteiger partial charge in [0.25, 0.3) is 0 Å². The van der Waals surface area contributed by atoms with Crippen LogP contribution in [0, 0.1) is 0 Å². The molecule has 6 heteroatoms. The third-order valence-corrected chi connectivity index (χ3v) is 3.88. The van der Waals surface area contributed by atoms with Crippen molar-refractivity contribution in [1.29, 1.82) is 0 Å². The number of pyridine rings is 1. The van der Waals surface area contributed by atoms with Crippen LogP contribution in [-0.2, 0) is 11.8 Å². The van der Waals surface area contributed by atoms with Gasteiger partial charge in [-0.2, -0.15) is 5.10 Å². The molecule has 6 nitrogen and oxygen atoms in total. The number of hydrogen-bond acceptors (Lipinski definition) is 5. The maximum Gasteiger partial charge on any atom is 0.152 e. The van der Waals surface area contributed by atoms with Crippen molar-refractivity contribution in [3.05, 3.63) is 30.1 Å². The molecule has 0 radical (unpaired) electrons. The van der Waals surface area contributed by atoms with Crippen LogP contribution in [0.3, 0.4) is 0 Å². The molecule has 0 aliphatic carbocycles. The number of aldehydes is 1. The number of morpholine rings is 1. The normalized spacial score (nSPS) is 21.9. The maximum absolute atomic E-state index is 11.5. The molecule has 22 heavy (non-hydrogen) atoms. The van der Waals surface area contributed by atoms with Crippen molar-refractivity contribution < 1.29 is 9.53 Å². The number of rotatable bonds is 3. The van der Waals surface area contributed by atoms with Gasteiger partial charge in [0, 0.05) is 31.9 Å². The number of carbonyl (C=O) groups is 1. The van der Waals surface area contributed by atoms with Crippen LogP contribution in [0.15, 0.2) is 24.5 Å². The molecule has 0 unspecified atom stereocenters. The zero-order valence-corrected chi connectivity index (χ0v) is 13.1. The minimum absolute atomic E-state index is 0.139. The molecule has 0 saturated carbocycles. The van der Waals surface area contributed by atoms with Gasteiger partial charge in [0.05, 0.1) is 35.5 Å². The van der Waals surface area contributed by atoms with Crippen LogP contribution in [0.1, 0.15) is 24.2 Å². The van der Waals surface area contributed by atoms with E-state index < -0.39 is 0 Å². The molecule has 1 saturated heterocycles. The van der Waals surface area contributed by atoms with Crippen molar-refractivity contribution in [3.63, 3.8) is 0 Å². The predicted octanol–water partition coefficient (Wildman–Crippen LogP) is 1.91. The fourth-order valence-corrected chi connectivity index (χ4v) is 2.96. The maximum atomic E-state index is 11.5. The first kappa shape index (κ1) is 14.7. The quantitative estimate of drug-likeness (QED) is 0.810. The SMILES string of the molecule is C[C@@H]1CN(c2cnc(-c3ccnn3C)cc2C=O)C[C@H](C)O1. The highest BCUT2D eigenvalue weighted by molar-refractivity contribution is 5.86. The first-order chi connectivity index (χ1) is 10.6. The first-order valence-electron chi connectivity index (χ1n) is 7.42. The van der Waals surface area contributed by atoms with E-state index in [1.807, 2.05) is 33.0 Å². The Morgan fingerprint density at radius 3 is 2.64 bits per heavy atom. The highest BCUT2D eigenvalue weighted by atomic mass is 16.5. The Balaban J connectivity index is 1.96. The number of carbonyl (C=O) groups excluding carboxylic acids is 1. The highest BCUT2D eigenvalue weighted by Crippen LogP contribution is 2.26. The van der Waals surface area contributed by atoms with Crippen LogP contribution in [0.2, 0.25) is 0 Å². The van der Waals surface area contributed by atoms with E-state index in [1.54, 1.807) is 17.1 Å². The molecule has 1 fully saturated rings. The monoisotopic (exact) mass is 300 g/mol. The van der Waals surface area contributed by atoms with E-state index in [1.165, 1.54) is 0 Å². The number of ether oxygens (including phenoxy) is 1. The Morgan fingerprint density at radius 2 is 2.05 bits per heavy atom. The van der Waals surface area contributed by atoms with Crippen molar-refractivity contribution in [2.24, 2.45) is 7.05 Å². The lowest BCUT2D eigenvalue weighted by molar-refractivity contribution is -0.00527. The zero-order chi connectivity index (χ0) is 15.7. The van der Waals surface area contributed by atoms with E-state index in [0.717, 1.165) is 36.5 Å². The van der Waals surface area contributed by atoms with Gasteiger partial charge in [0.15, 0.2) is 6.29 Å². The molecule has 0 bridgehead atoms. The van der Waals surface area contributed by atoms with Crippen LogP contribution < -0.4 is 4.90 Å². The summed E-state index contributed by atoms with van der Waals surface area (Å²) in [6, 6.07) is 3.71. The van der Waals surface area contributed by atoms with Gasteiger partial charge in [-0.05, 0) is 26.0 Å². The third kappa shape index (κ3) is 2.74. The van der Waals surface area contributed by atoms with Crippen LogP contribution in [-0.4, -0.2) is 46.3 Å². The van der Waals surface area contributed by atoms with Gasteiger partial charge < -0.3 is 9.64 Å². The first-order valence-corrected chi connectivity index (χ1v) is 7.42. The second-order valence-corrected chi connectivity index (χ2v) is 5.75. The Morgan fingerprint density at radius 1 is 1.32 bits per heavy atom. The van der Waals surface area contributed by atoms with Crippen molar-refractivity contribution >= 4 is 12.0 Å². The highest BCUT2D eigenvalue weighted by Gasteiger charge is 2.24. The summed E-state index contributed by atoms with van der Waals surface area (Å²) in [6.45, 7) is 5.61. The molecule has 2 atom stereocenters. The lowest BCUT2D eigenvalue weighted by atomic mass is 10.1. The topological polar surface area (TPSA) is 60.2 Å². The van der Waals surface area contributed by atoms with Gasteiger partial charge in [-0.3, -0.25) is 14.5 Å². The summed E-state index contributed by atoms with van der Waals surface area (Å²) in [5.74, 6) is 0. The molecule has 1 aliphatic heterocycles. The van der Waals surface area contributed by atoms with E-state index in [-0.39, 0.29) is 12.2 Å². The van der Waals surface area contributed by atoms with Crippen LogP contribution in [0.25, 0.3) is 11.4 Å². The summed E-state index contributed by atoms with van der Waals surface area (Å²) in [5, 5.41) is 4.14. The van der Waals surface area contributed by atoms with Gasteiger partial charge >= 0.3 is 0 Å². The van der Waals surface area contributed by atoms with E-state index in [4.69, 9.17) is 4.74 Å². The summed E-state index contributed by atoms with van der Waals surface area (Å²) < 4.78 is 7.49. The zero-order valence-electron chi connectivity index (χ0n) is 13.1. The average Bonchev–Trinajstić information content (AvgIpc) is 2.91. The predicted molar refractivity (Wildman–Crippen MR) is 84.0 cm³/mol. The minimum atomic E-state index is 0.139. The Kier molecular flexibility index (Phi) is 3.94. The van der Waals surface area contributed by atoms with Gasteiger partial charge in [-0.1, -0.05) is 0 Å². The molecular weight excluding hydrogens is 280 g/mol. The molecule has 3 rings (SSSR count). The summed E-state index contributed by atoms with van der Waals surface area (Å²) >= 11 is 0. The summed E-state index contributed by atoms with van der Waals surface area (Å²) in [7, 11) is 1.86. The third-order valence-electron chi connectivity index (χ3n) is 3.88. The van der Waals surface area contributed by atoms with Gasteiger partial charge in [-0.25, -0.2) is 0 Å². The Hall–Kier alpha value is -2.21. The van der Waals surface area contributed by atoms with E-state index in [2.05, 4.69) is 15.0 Å². The Labute approximate surface area is 129 Å². The van der Waals surface area contributed by atoms with Crippen molar-refractivity contribution in [3.8, 4) is 11.4 Å². The van der Waals surface area contributed by atoms with Crippen LogP contribution in [0.4, 0.5) is 5.69 Å². The van der Waals surface area contributed by atoms with Crippen molar-refractivity contribution in [2.45, 2.75) is 26.1 Å². The van der Waals surface area contributed by atoms with Gasteiger partial charge in [0.2, 0.25) is 0 Å². The van der Waals surface area contributed by atoms with Gasteiger partial charge in [-0.15, -0.1) is 0 Å². The summed E-state index contributed by atoms with van der Waals surface area (Å²) in [6.07, 6.45) is 4.66. The van der Waals surface area contributed by atoms with Crippen LogP contribution in [0.5, 0.6) is 0 Å². The number of anilines is 1. The lowest BCUT2D eigenvalue weighted by Crippen LogP contribution is -2.45. The molecular formula is C16H20N4O2. The van der Waals surface area contributed by atoms with Crippen molar-refractivity contribution in [1.82, 2.24) is 14.8 Å². The minimum Gasteiger partial charge on any atom is -0.372 e. The number of hydrogen-bond donors (Lipinski definition) is 0. The number of aromatic nitrogens is 3. The molecule has 0 N–H and O–H groups in total. The molecule has 2 aromatic rings. The molecule has 0 amide bonds. The smallest absolute Gasteiger partial charge is 0.152 e. The molecule has 2 aromatic heterocycles. The Bertz CT molecular complexity index is 673. The summed E-state index contributed by atoms with van der Waals surface area (Å²) in [4.78, 5) is 18.2. The molecule has 0 spiro atoms. The fourth-order valence-electron chi connectivity index (χ4n) is 2.96. The fraction of sp³-hybridized carbons (Fsp3) is 0.438. The van der Waals surface area contributed by atoms with E-state index in [0.29, 0.717) is 5.56 Å². The molecule has 0 aromatic carbocycles.